The van der Waals surface area contributed by atoms with Crippen LogP contribution in [0.1, 0.15) is 65.7 Å². The summed E-state index contributed by atoms with van der Waals surface area (Å²) in [7, 11) is 1.80. The third-order valence-electron chi connectivity index (χ3n) is 6.06. The van der Waals surface area contributed by atoms with Crippen LogP contribution < -0.4 is 10.6 Å². The lowest BCUT2D eigenvalue weighted by atomic mass is 9.67. The van der Waals surface area contributed by atoms with Crippen LogP contribution in [-0.4, -0.2) is 62.8 Å². The summed E-state index contributed by atoms with van der Waals surface area (Å²) < 4.78 is 5.31. The fourth-order valence-electron chi connectivity index (χ4n) is 4.00. The standard InChI is InChI=1S/C20H40N4O/c1-5-21-18(23-17-20(10-9-11-20)12-15-25-4)22-16-19(2,3)24-13-7-6-8-14-24/h5-17H2,1-4H3,(H2,21,22,23). The largest absolute Gasteiger partial charge is 0.385 e. The average Bonchev–Trinajstić information content (AvgIpc) is 2.59. The fourth-order valence-corrected chi connectivity index (χ4v) is 4.00. The van der Waals surface area contributed by atoms with Gasteiger partial charge in [0.25, 0.3) is 0 Å². The average molecular weight is 353 g/mol. The number of hydrogen-bond donors (Lipinski definition) is 2. The molecule has 0 aromatic heterocycles. The SMILES string of the molecule is CCNC(=NCC(C)(C)N1CCCCC1)NCC1(CCOC)CCC1. The third kappa shape index (κ3) is 6.14. The lowest BCUT2D eigenvalue weighted by Gasteiger charge is -2.42. The summed E-state index contributed by atoms with van der Waals surface area (Å²) in [6.07, 6.45) is 9.14. The summed E-state index contributed by atoms with van der Waals surface area (Å²) >= 11 is 0. The van der Waals surface area contributed by atoms with Gasteiger partial charge in [0.2, 0.25) is 0 Å². The Labute approximate surface area is 155 Å². The Morgan fingerprint density at radius 1 is 1.12 bits per heavy atom. The number of methoxy groups -OCH3 is 1. The van der Waals surface area contributed by atoms with Crippen LogP contribution in [0.2, 0.25) is 0 Å². The van der Waals surface area contributed by atoms with E-state index in [0.29, 0.717) is 5.41 Å². The molecule has 0 spiro atoms. The molecule has 1 saturated heterocycles. The Hall–Kier alpha value is -0.810. The van der Waals surface area contributed by atoms with E-state index in [1.807, 2.05) is 0 Å². The Balaban J connectivity index is 1.88. The third-order valence-corrected chi connectivity index (χ3v) is 6.06. The van der Waals surface area contributed by atoms with Gasteiger partial charge in [-0.05, 0) is 71.4 Å². The minimum absolute atomic E-state index is 0.132. The summed E-state index contributed by atoms with van der Waals surface area (Å²) in [5.74, 6) is 0.969. The molecule has 0 radical (unpaired) electrons. The Kier molecular flexibility index (Phi) is 8.01. The van der Waals surface area contributed by atoms with Gasteiger partial charge in [0.05, 0.1) is 6.54 Å². The van der Waals surface area contributed by atoms with Gasteiger partial charge in [-0.15, -0.1) is 0 Å². The molecule has 2 fully saturated rings. The topological polar surface area (TPSA) is 48.9 Å². The van der Waals surface area contributed by atoms with E-state index in [-0.39, 0.29) is 5.54 Å². The molecule has 25 heavy (non-hydrogen) atoms. The van der Waals surface area contributed by atoms with Crippen molar-refractivity contribution >= 4 is 5.96 Å². The molecule has 1 saturated carbocycles. The van der Waals surface area contributed by atoms with Crippen molar-refractivity contribution in [3.63, 3.8) is 0 Å². The van der Waals surface area contributed by atoms with Crippen molar-refractivity contribution in [2.24, 2.45) is 10.4 Å². The van der Waals surface area contributed by atoms with E-state index >= 15 is 0 Å². The second kappa shape index (κ2) is 9.77. The van der Waals surface area contributed by atoms with Gasteiger partial charge in [-0.3, -0.25) is 9.89 Å². The van der Waals surface area contributed by atoms with Gasteiger partial charge in [0.1, 0.15) is 0 Å². The molecule has 0 atom stereocenters. The van der Waals surface area contributed by atoms with Crippen LogP contribution in [-0.2, 0) is 4.74 Å². The fraction of sp³-hybridized carbons (Fsp3) is 0.950. The minimum atomic E-state index is 0.132. The van der Waals surface area contributed by atoms with E-state index in [4.69, 9.17) is 9.73 Å². The second-order valence-electron chi connectivity index (χ2n) is 8.51. The number of hydrogen-bond acceptors (Lipinski definition) is 3. The zero-order valence-electron chi connectivity index (χ0n) is 17.0. The summed E-state index contributed by atoms with van der Waals surface area (Å²) in [4.78, 5) is 7.53. The highest BCUT2D eigenvalue weighted by Crippen LogP contribution is 2.43. The molecule has 1 aliphatic heterocycles. The molecular formula is C20H40N4O. The maximum Gasteiger partial charge on any atom is 0.191 e. The van der Waals surface area contributed by atoms with Crippen LogP contribution in [0.5, 0.6) is 0 Å². The van der Waals surface area contributed by atoms with Gasteiger partial charge in [0, 0.05) is 32.3 Å². The predicted molar refractivity (Wildman–Crippen MR) is 106 cm³/mol. The summed E-state index contributed by atoms with van der Waals surface area (Å²) in [6.45, 7) is 12.8. The first kappa shape index (κ1) is 20.5. The first-order valence-corrected chi connectivity index (χ1v) is 10.3. The molecule has 5 nitrogen and oxygen atoms in total. The number of likely N-dealkylation sites (tertiary alicyclic amines) is 1. The van der Waals surface area contributed by atoms with Gasteiger partial charge in [-0.1, -0.05) is 12.8 Å². The van der Waals surface area contributed by atoms with Crippen LogP contribution in [0, 0.1) is 5.41 Å². The van der Waals surface area contributed by atoms with E-state index < -0.39 is 0 Å². The Morgan fingerprint density at radius 3 is 2.40 bits per heavy atom. The number of nitrogens with one attached hydrogen (secondary N) is 2. The van der Waals surface area contributed by atoms with E-state index in [0.717, 1.165) is 38.6 Å². The summed E-state index contributed by atoms with van der Waals surface area (Å²) in [5.41, 5.74) is 0.543. The monoisotopic (exact) mass is 352 g/mol. The molecule has 2 N–H and O–H groups in total. The summed E-state index contributed by atoms with van der Waals surface area (Å²) in [6, 6.07) is 0. The zero-order valence-corrected chi connectivity index (χ0v) is 17.0. The maximum atomic E-state index is 5.31. The molecule has 2 rings (SSSR count). The molecular weight excluding hydrogens is 312 g/mol. The quantitative estimate of drug-likeness (QED) is 0.495. The molecule has 0 aromatic rings. The van der Waals surface area contributed by atoms with Gasteiger partial charge in [-0.2, -0.15) is 0 Å². The van der Waals surface area contributed by atoms with Gasteiger partial charge >= 0.3 is 0 Å². The molecule has 2 aliphatic rings. The summed E-state index contributed by atoms with van der Waals surface area (Å²) in [5, 5.41) is 7.04. The van der Waals surface area contributed by atoms with E-state index in [9.17, 15) is 0 Å². The zero-order chi connectivity index (χ0) is 18.2. The smallest absolute Gasteiger partial charge is 0.191 e. The molecule has 1 aliphatic carbocycles. The van der Waals surface area contributed by atoms with E-state index in [1.165, 1.54) is 51.6 Å². The van der Waals surface area contributed by atoms with Gasteiger partial charge < -0.3 is 15.4 Å². The van der Waals surface area contributed by atoms with E-state index in [1.54, 1.807) is 7.11 Å². The van der Waals surface area contributed by atoms with Crippen molar-refractivity contribution in [2.75, 3.05) is 46.4 Å². The maximum absolute atomic E-state index is 5.31. The van der Waals surface area contributed by atoms with Gasteiger partial charge in [0.15, 0.2) is 5.96 Å². The molecule has 5 heteroatoms. The van der Waals surface area contributed by atoms with E-state index in [2.05, 4.69) is 36.3 Å². The second-order valence-corrected chi connectivity index (χ2v) is 8.51. The molecule has 0 unspecified atom stereocenters. The van der Waals surface area contributed by atoms with Crippen molar-refractivity contribution in [1.29, 1.82) is 0 Å². The number of ether oxygens (including phenoxy) is 1. The number of piperidine rings is 1. The number of rotatable bonds is 9. The van der Waals surface area contributed by atoms with Crippen LogP contribution in [0.25, 0.3) is 0 Å². The van der Waals surface area contributed by atoms with Crippen molar-refractivity contribution in [1.82, 2.24) is 15.5 Å². The van der Waals surface area contributed by atoms with Gasteiger partial charge in [-0.25, -0.2) is 0 Å². The molecule has 0 amide bonds. The van der Waals surface area contributed by atoms with Crippen LogP contribution in [0.4, 0.5) is 0 Å². The number of aliphatic imine (C=N–C) groups is 1. The number of nitrogens with zero attached hydrogens (tertiary/aromatic N) is 2. The van der Waals surface area contributed by atoms with Crippen molar-refractivity contribution in [2.45, 2.75) is 71.3 Å². The highest BCUT2D eigenvalue weighted by Gasteiger charge is 2.36. The Morgan fingerprint density at radius 2 is 1.84 bits per heavy atom. The molecule has 1 heterocycles. The van der Waals surface area contributed by atoms with Crippen molar-refractivity contribution in [3.05, 3.63) is 0 Å². The van der Waals surface area contributed by atoms with Crippen molar-refractivity contribution < 1.29 is 4.74 Å². The normalized spacial score (nSPS) is 21.7. The molecule has 0 bridgehead atoms. The molecule has 146 valence electrons. The minimum Gasteiger partial charge on any atom is -0.385 e. The van der Waals surface area contributed by atoms with Crippen LogP contribution in [0.15, 0.2) is 4.99 Å². The highest BCUT2D eigenvalue weighted by atomic mass is 16.5. The first-order valence-electron chi connectivity index (χ1n) is 10.3. The van der Waals surface area contributed by atoms with Crippen LogP contribution in [0.3, 0.4) is 0 Å². The lowest BCUT2D eigenvalue weighted by molar-refractivity contribution is 0.0731. The first-order chi connectivity index (χ1) is 12.0. The molecule has 0 aromatic carbocycles. The lowest BCUT2D eigenvalue weighted by Crippen LogP contribution is -2.50. The highest BCUT2D eigenvalue weighted by molar-refractivity contribution is 5.79. The predicted octanol–water partition coefficient (Wildman–Crippen LogP) is 3.01. The van der Waals surface area contributed by atoms with Crippen molar-refractivity contribution in [3.8, 4) is 0 Å². The number of guanidine groups is 1. The Bertz CT molecular complexity index is 412. The van der Waals surface area contributed by atoms with Crippen LogP contribution >= 0.6 is 0 Å².